The molecule has 2 aromatic rings. The van der Waals surface area contributed by atoms with Crippen molar-refractivity contribution < 1.29 is 23.1 Å². The van der Waals surface area contributed by atoms with Crippen molar-refractivity contribution in [3.63, 3.8) is 0 Å². The van der Waals surface area contributed by atoms with Gasteiger partial charge in [-0.1, -0.05) is 42.5 Å². The number of carbonyl (C=O) groups excluding carboxylic acids is 1. The van der Waals surface area contributed by atoms with Crippen molar-refractivity contribution >= 4 is 16.6 Å². The molecular weight excluding hydrogens is 245 g/mol. The smallest absolute Gasteiger partial charge is 0.377 e. The fourth-order valence-electron chi connectivity index (χ4n) is 1.74. The molecule has 1 N–H and O–H groups in total. The maximum atomic E-state index is 12.3. The summed E-state index contributed by atoms with van der Waals surface area (Å²) in [6, 6.07) is 11.0. The lowest BCUT2D eigenvalue weighted by molar-refractivity contribution is -0.186. The fraction of sp³-hybridized carbons (Fsp3) is 0.154. The zero-order valence-electron chi connectivity index (χ0n) is 9.11. The van der Waals surface area contributed by atoms with E-state index in [1.807, 2.05) is 0 Å². The predicted molar refractivity (Wildman–Crippen MR) is 60.3 cm³/mol. The van der Waals surface area contributed by atoms with E-state index in [9.17, 15) is 18.0 Å². The number of Topliss-reactive ketones (excluding diaryl/α,β-unsaturated/α-hetero) is 1. The molecule has 0 saturated carbocycles. The van der Waals surface area contributed by atoms with Gasteiger partial charge in [0.1, 0.15) is 0 Å². The lowest BCUT2D eigenvalue weighted by Gasteiger charge is -2.14. The molecule has 0 fully saturated rings. The van der Waals surface area contributed by atoms with Gasteiger partial charge in [-0.2, -0.15) is 13.2 Å². The van der Waals surface area contributed by atoms with Crippen LogP contribution >= 0.6 is 0 Å². The van der Waals surface area contributed by atoms with Crippen molar-refractivity contribution in [1.82, 2.24) is 0 Å². The van der Waals surface area contributed by atoms with Crippen LogP contribution in [-0.2, 0) is 0 Å². The number of aliphatic hydroxyl groups excluding tert-OH is 1. The number of hydrogen-bond acceptors (Lipinski definition) is 2. The largest absolute Gasteiger partial charge is 0.421 e. The second-order valence-electron chi connectivity index (χ2n) is 3.84. The second-order valence-corrected chi connectivity index (χ2v) is 3.84. The van der Waals surface area contributed by atoms with E-state index in [0.29, 0.717) is 10.8 Å². The molecule has 5 heteroatoms. The molecule has 0 spiro atoms. The van der Waals surface area contributed by atoms with Crippen LogP contribution in [0.1, 0.15) is 10.4 Å². The van der Waals surface area contributed by atoms with E-state index in [1.54, 1.807) is 30.3 Å². The van der Waals surface area contributed by atoms with Gasteiger partial charge in [-0.25, -0.2) is 0 Å². The van der Waals surface area contributed by atoms with Gasteiger partial charge in [-0.05, 0) is 10.8 Å². The van der Waals surface area contributed by atoms with Gasteiger partial charge in [0, 0.05) is 5.56 Å². The zero-order valence-corrected chi connectivity index (χ0v) is 9.11. The molecule has 0 aliphatic rings. The molecular formula is C13H9F3O2. The Labute approximate surface area is 101 Å². The van der Waals surface area contributed by atoms with Gasteiger partial charge in [-0.3, -0.25) is 4.79 Å². The number of benzene rings is 2. The molecule has 18 heavy (non-hydrogen) atoms. The van der Waals surface area contributed by atoms with Crippen molar-refractivity contribution in [3.05, 3.63) is 48.0 Å². The molecule has 2 rings (SSSR count). The molecule has 2 nitrogen and oxygen atoms in total. The van der Waals surface area contributed by atoms with E-state index < -0.39 is 18.1 Å². The number of ketones is 1. The summed E-state index contributed by atoms with van der Waals surface area (Å²) in [4.78, 5) is 11.6. The molecule has 0 bridgehead atoms. The Morgan fingerprint density at radius 2 is 1.67 bits per heavy atom. The van der Waals surface area contributed by atoms with E-state index in [-0.39, 0.29) is 5.56 Å². The maximum Gasteiger partial charge on any atom is 0.421 e. The Balaban J connectivity index is 2.52. The Morgan fingerprint density at radius 1 is 1.06 bits per heavy atom. The topological polar surface area (TPSA) is 37.3 Å². The molecule has 2 aromatic carbocycles. The molecule has 0 amide bonds. The van der Waals surface area contributed by atoms with E-state index in [2.05, 4.69) is 0 Å². The van der Waals surface area contributed by atoms with Crippen LogP contribution in [0.4, 0.5) is 13.2 Å². The molecule has 1 atom stereocenters. The van der Waals surface area contributed by atoms with Crippen molar-refractivity contribution in [2.75, 3.05) is 0 Å². The van der Waals surface area contributed by atoms with Crippen LogP contribution in [0.3, 0.4) is 0 Å². The van der Waals surface area contributed by atoms with E-state index in [1.165, 1.54) is 12.1 Å². The summed E-state index contributed by atoms with van der Waals surface area (Å²) in [6.07, 6.45) is -7.93. The van der Waals surface area contributed by atoms with Crippen molar-refractivity contribution in [2.24, 2.45) is 0 Å². The van der Waals surface area contributed by atoms with Crippen LogP contribution in [-0.4, -0.2) is 23.2 Å². The molecule has 94 valence electrons. The third kappa shape index (κ3) is 2.22. The summed E-state index contributed by atoms with van der Waals surface area (Å²) in [7, 11) is 0. The third-order valence-corrected chi connectivity index (χ3v) is 2.61. The number of fused-ring (bicyclic) bond motifs is 1. The first-order valence-corrected chi connectivity index (χ1v) is 5.18. The quantitative estimate of drug-likeness (QED) is 0.836. The number of halogens is 3. The molecule has 0 aliphatic carbocycles. The summed E-state index contributed by atoms with van der Waals surface area (Å²) >= 11 is 0. The average molecular weight is 254 g/mol. The zero-order chi connectivity index (χ0) is 13.3. The number of rotatable bonds is 2. The average Bonchev–Trinajstić information content (AvgIpc) is 2.35. The molecule has 0 heterocycles. The van der Waals surface area contributed by atoms with E-state index >= 15 is 0 Å². The Kier molecular flexibility index (Phi) is 3.09. The molecule has 0 saturated heterocycles. The normalized spacial score (nSPS) is 13.6. The lowest BCUT2D eigenvalue weighted by Crippen LogP contribution is -2.36. The Morgan fingerprint density at radius 3 is 2.33 bits per heavy atom. The van der Waals surface area contributed by atoms with Crippen molar-refractivity contribution in [3.8, 4) is 0 Å². The fourth-order valence-corrected chi connectivity index (χ4v) is 1.74. The number of alkyl halides is 3. The number of hydrogen-bond donors (Lipinski definition) is 1. The predicted octanol–water partition coefficient (Wildman–Crippen LogP) is 2.95. The monoisotopic (exact) mass is 254 g/mol. The molecule has 0 aromatic heterocycles. The maximum absolute atomic E-state index is 12.3. The van der Waals surface area contributed by atoms with Gasteiger partial charge >= 0.3 is 6.18 Å². The first kappa shape index (κ1) is 12.6. The van der Waals surface area contributed by atoms with Gasteiger partial charge in [0.25, 0.3) is 0 Å². The molecule has 1 unspecified atom stereocenters. The number of aliphatic hydroxyl groups is 1. The van der Waals surface area contributed by atoms with Crippen LogP contribution in [0.25, 0.3) is 10.8 Å². The standard InChI is InChI=1S/C13H9F3O2/c14-13(15,16)12(18)11(17)10-7-3-5-8-4-1-2-6-9(8)10/h1-7,12,18H. The SMILES string of the molecule is O=C(c1cccc2ccccc12)C(O)C(F)(F)F. The summed E-state index contributed by atoms with van der Waals surface area (Å²) in [5.74, 6) is -1.33. The van der Waals surface area contributed by atoms with Crippen LogP contribution in [0, 0.1) is 0 Å². The minimum absolute atomic E-state index is 0.127. The minimum Gasteiger partial charge on any atom is -0.377 e. The van der Waals surface area contributed by atoms with Crippen molar-refractivity contribution in [1.29, 1.82) is 0 Å². The highest BCUT2D eigenvalue weighted by Gasteiger charge is 2.44. The summed E-state index contributed by atoms with van der Waals surface area (Å²) in [6.45, 7) is 0. The number of carbonyl (C=O) groups is 1. The highest BCUT2D eigenvalue weighted by atomic mass is 19.4. The Bertz CT molecular complexity index is 585. The minimum atomic E-state index is -4.95. The van der Waals surface area contributed by atoms with Gasteiger partial charge in [0.15, 0.2) is 0 Å². The van der Waals surface area contributed by atoms with E-state index in [4.69, 9.17) is 5.11 Å². The van der Waals surface area contributed by atoms with Gasteiger partial charge in [0.2, 0.25) is 11.9 Å². The highest BCUT2D eigenvalue weighted by molar-refractivity contribution is 6.10. The van der Waals surface area contributed by atoms with Crippen molar-refractivity contribution in [2.45, 2.75) is 12.3 Å². The molecule has 0 aliphatic heterocycles. The first-order valence-electron chi connectivity index (χ1n) is 5.18. The van der Waals surface area contributed by atoms with Crippen LogP contribution in [0.5, 0.6) is 0 Å². The summed E-state index contributed by atoms with van der Waals surface area (Å²) in [5.41, 5.74) is -0.127. The van der Waals surface area contributed by atoms with E-state index in [0.717, 1.165) is 0 Å². The summed E-state index contributed by atoms with van der Waals surface area (Å²) in [5, 5.41) is 10.0. The van der Waals surface area contributed by atoms with Gasteiger partial charge in [0.05, 0.1) is 0 Å². The summed E-state index contributed by atoms with van der Waals surface area (Å²) < 4.78 is 36.9. The Hall–Kier alpha value is -1.88. The first-order chi connectivity index (χ1) is 8.41. The van der Waals surface area contributed by atoms with Crippen LogP contribution < -0.4 is 0 Å². The highest BCUT2D eigenvalue weighted by Crippen LogP contribution is 2.26. The third-order valence-electron chi connectivity index (χ3n) is 2.61. The van der Waals surface area contributed by atoms with Gasteiger partial charge < -0.3 is 5.11 Å². The molecule has 0 radical (unpaired) electrons. The van der Waals surface area contributed by atoms with Crippen LogP contribution in [0.15, 0.2) is 42.5 Å². The second kappa shape index (κ2) is 4.42. The van der Waals surface area contributed by atoms with Crippen LogP contribution in [0.2, 0.25) is 0 Å². The van der Waals surface area contributed by atoms with Gasteiger partial charge in [-0.15, -0.1) is 0 Å². The lowest BCUT2D eigenvalue weighted by atomic mass is 9.98.